The Morgan fingerprint density at radius 1 is 0.509 bits per heavy atom. The molecule has 3 heteroatoms. The molecule has 2 aliphatic carbocycles. The molecule has 1 saturated carbocycles. The standard InChI is InChI=1S/C31H38O2.C19H14.Mo/c1-29(2,3)19-24-20(22-15-11-17-25(27(22)32)30(4,5)6)13-10-14-21(24)23-16-12-18-26(28(23)33)31(7,8)9;1-13-11-19(12-14(13)2)17-9-5-3-7-15(17)16-8-4-6-10-18(16)19;/h10-18,32-33H,1-9H3;1-10H,11-12H2;/q;-2;. The molecule has 0 amide bonds. The van der Waals surface area contributed by atoms with Gasteiger partial charge in [0.05, 0.1) is 0 Å². The Labute approximate surface area is 328 Å². The van der Waals surface area contributed by atoms with Crippen molar-refractivity contribution >= 4 is 3.90 Å². The van der Waals surface area contributed by atoms with Gasteiger partial charge >= 0.3 is 217 Å². The molecule has 0 bridgehead atoms. The van der Waals surface area contributed by atoms with Gasteiger partial charge in [0.2, 0.25) is 0 Å². The molecule has 5 aromatic carbocycles. The molecular formula is C50H52MoO2-2. The van der Waals surface area contributed by atoms with E-state index >= 15 is 0 Å². The first-order valence-corrected chi connectivity index (χ1v) is 19.5. The van der Waals surface area contributed by atoms with Crippen LogP contribution in [0.3, 0.4) is 0 Å². The van der Waals surface area contributed by atoms with Gasteiger partial charge in [-0.25, -0.2) is 0 Å². The van der Waals surface area contributed by atoms with Crippen molar-refractivity contribution < 1.29 is 29.6 Å². The van der Waals surface area contributed by atoms with E-state index in [1.54, 1.807) is 0 Å². The van der Waals surface area contributed by atoms with E-state index in [1.807, 2.05) is 42.5 Å². The van der Waals surface area contributed by atoms with Crippen LogP contribution in [0.1, 0.15) is 103 Å². The van der Waals surface area contributed by atoms with Gasteiger partial charge in [-0.15, -0.1) is 12.8 Å². The number of benzene rings is 5. The number of phenols is 2. The number of para-hydroxylation sites is 2. The van der Waals surface area contributed by atoms with Crippen LogP contribution in [0, 0.1) is 18.6 Å². The average molecular weight is 781 g/mol. The zero-order valence-corrected chi connectivity index (χ0v) is 34.7. The zero-order chi connectivity index (χ0) is 38.7. The molecule has 5 aromatic rings. The average Bonchev–Trinajstić information content (AvgIpc) is 3.54. The molecule has 1 spiro atoms. The Balaban J connectivity index is 0.000000211. The third-order valence-electron chi connectivity index (χ3n) is 10.8. The summed E-state index contributed by atoms with van der Waals surface area (Å²) in [6.45, 7) is 31.5. The SMILES string of the molecule is CC(C)(C)[C](=[Mo])c1c(-c2cccc(C(C)(C)C)c2O)cccc1-c1cccc(C(C)(C)C)c1O.[CH-]=C1CC2(CC1=[CH-])c1ccccc1-c1ccccc12. The second-order valence-corrected chi connectivity index (χ2v) is 18.8. The molecule has 0 aromatic heterocycles. The van der Waals surface area contributed by atoms with Gasteiger partial charge in [-0.3, -0.25) is 0 Å². The molecule has 7 rings (SSSR count). The van der Waals surface area contributed by atoms with E-state index in [2.05, 4.69) is 142 Å². The number of fused-ring (bicyclic) bond motifs is 5. The Kier molecular flexibility index (Phi) is 10.1. The van der Waals surface area contributed by atoms with Crippen LogP contribution in [-0.4, -0.2) is 14.1 Å². The second kappa shape index (κ2) is 13.9. The van der Waals surface area contributed by atoms with Gasteiger partial charge in [0, 0.05) is 0 Å². The molecule has 0 radical (unpaired) electrons. The number of aromatic hydroxyl groups is 2. The monoisotopic (exact) mass is 782 g/mol. The first-order valence-electron chi connectivity index (χ1n) is 18.5. The molecule has 1 fully saturated rings. The van der Waals surface area contributed by atoms with Crippen molar-refractivity contribution in [2.24, 2.45) is 5.41 Å². The fraction of sp³-hybridized carbons (Fsp3) is 0.300. The number of phenolic OH excluding ortho intramolecular Hbond substituents is 2. The Morgan fingerprint density at radius 3 is 1.23 bits per heavy atom. The van der Waals surface area contributed by atoms with Gasteiger partial charge in [0.15, 0.2) is 0 Å². The summed E-state index contributed by atoms with van der Waals surface area (Å²) in [6.07, 6.45) is 1.68. The van der Waals surface area contributed by atoms with Crippen LogP contribution >= 0.6 is 0 Å². The second-order valence-electron chi connectivity index (χ2n) is 17.8. The number of hydrogen-bond acceptors (Lipinski definition) is 2. The van der Waals surface area contributed by atoms with Crippen LogP contribution in [0.5, 0.6) is 11.5 Å². The molecule has 0 aliphatic heterocycles. The van der Waals surface area contributed by atoms with Crippen molar-refractivity contribution in [2.75, 3.05) is 0 Å². The van der Waals surface area contributed by atoms with Gasteiger partial charge in [-0.2, -0.15) is 0 Å². The third-order valence-corrected chi connectivity index (χ3v) is 12.8. The van der Waals surface area contributed by atoms with Gasteiger partial charge in [0.1, 0.15) is 0 Å². The van der Waals surface area contributed by atoms with E-state index in [1.165, 1.54) is 26.2 Å². The molecule has 0 atom stereocenters. The fourth-order valence-electron chi connectivity index (χ4n) is 8.09. The Bertz CT molecular complexity index is 2120. The van der Waals surface area contributed by atoms with Gasteiger partial charge in [0.25, 0.3) is 0 Å². The number of allylic oxidation sites excluding steroid dienone is 2. The number of rotatable bonds is 3. The zero-order valence-electron chi connectivity index (χ0n) is 32.7. The quantitative estimate of drug-likeness (QED) is 0.141. The van der Waals surface area contributed by atoms with Crippen LogP contribution in [-0.2, 0) is 35.6 Å². The Hall–Kier alpha value is -4.26. The third kappa shape index (κ3) is 6.97. The van der Waals surface area contributed by atoms with Gasteiger partial charge < -0.3 is 24.3 Å². The van der Waals surface area contributed by atoms with Crippen molar-refractivity contribution in [3.05, 3.63) is 155 Å². The molecule has 2 aliphatic rings. The summed E-state index contributed by atoms with van der Waals surface area (Å²) in [6, 6.07) is 35.5. The van der Waals surface area contributed by atoms with E-state index in [-0.39, 0.29) is 21.7 Å². The summed E-state index contributed by atoms with van der Waals surface area (Å²) in [5.41, 5.74) is 13.2. The molecule has 0 heterocycles. The molecule has 0 saturated heterocycles. The Morgan fingerprint density at radius 2 is 0.849 bits per heavy atom. The summed E-state index contributed by atoms with van der Waals surface area (Å²) in [5, 5.41) is 22.8. The van der Waals surface area contributed by atoms with Crippen molar-refractivity contribution in [3.63, 3.8) is 0 Å². The van der Waals surface area contributed by atoms with E-state index < -0.39 is 0 Å². The van der Waals surface area contributed by atoms with Crippen LogP contribution in [0.25, 0.3) is 33.4 Å². The minimum Gasteiger partial charge on any atom is -0.390 e. The van der Waals surface area contributed by atoms with E-state index in [4.69, 9.17) is 13.2 Å². The minimum absolute atomic E-state index is 0.0264. The fourth-order valence-corrected chi connectivity index (χ4v) is 8.63. The largest absolute Gasteiger partial charge is 0.390 e. The first-order chi connectivity index (χ1) is 24.8. The molecular weight excluding hydrogens is 728 g/mol. The summed E-state index contributed by atoms with van der Waals surface area (Å²) in [4.78, 5) is 0. The van der Waals surface area contributed by atoms with Crippen LogP contribution in [0.2, 0.25) is 0 Å². The maximum Gasteiger partial charge on any atom is -0.00613 e. The maximum atomic E-state index is 11.4. The van der Waals surface area contributed by atoms with E-state index in [0.717, 1.165) is 62.9 Å². The van der Waals surface area contributed by atoms with Gasteiger partial charge in [-0.1, -0.05) is 48.5 Å². The summed E-state index contributed by atoms with van der Waals surface area (Å²) < 4.78 is 1.22. The molecule has 2 nitrogen and oxygen atoms in total. The van der Waals surface area contributed by atoms with Crippen LogP contribution < -0.4 is 0 Å². The van der Waals surface area contributed by atoms with E-state index in [9.17, 15) is 10.2 Å². The topological polar surface area (TPSA) is 40.5 Å². The predicted molar refractivity (Wildman–Crippen MR) is 219 cm³/mol. The minimum atomic E-state index is -0.180. The maximum absolute atomic E-state index is 11.4. The van der Waals surface area contributed by atoms with Crippen LogP contribution in [0.4, 0.5) is 0 Å². The van der Waals surface area contributed by atoms with Crippen LogP contribution in [0.15, 0.2) is 114 Å². The summed E-state index contributed by atoms with van der Waals surface area (Å²) in [5.74, 6) is 0.646. The molecule has 272 valence electrons. The predicted octanol–water partition coefficient (Wildman–Crippen LogP) is 12.6. The first kappa shape index (κ1) is 38.5. The van der Waals surface area contributed by atoms with Crippen molar-refractivity contribution in [1.29, 1.82) is 0 Å². The molecule has 2 N–H and O–H groups in total. The van der Waals surface area contributed by atoms with Crippen molar-refractivity contribution in [2.45, 2.75) is 91.4 Å². The molecule has 53 heavy (non-hydrogen) atoms. The van der Waals surface area contributed by atoms with Crippen molar-refractivity contribution in [3.8, 4) is 44.9 Å². The summed E-state index contributed by atoms with van der Waals surface area (Å²) in [7, 11) is 0. The van der Waals surface area contributed by atoms with Crippen molar-refractivity contribution in [1.82, 2.24) is 0 Å². The molecule has 0 unspecified atom stereocenters. The van der Waals surface area contributed by atoms with E-state index in [0.29, 0.717) is 11.5 Å². The smallest absolute Gasteiger partial charge is 0.00613 e. The number of hydrogen-bond donors (Lipinski definition) is 2. The van der Waals surface area contributed by atoms with Gasteiger partial charge in [-0.05, 0) is 27.7 Å². The normalized spacial score (nSPS) is 14.8. The summed E-state index contributed by atoms with van der Waals surface area (Å²) >= 11 is 2.07.